The Labute approximate surface area is 159 Å². The molecule has 1 aromatic rings. The van der Waals surface area contributed by atoms with E-state index in [2.05, 4.69) is 5.32 Å². The van der Waals surface area contributed by atoms with Crippen LogP contribution in [0.2, 0.25) is 5.02 Å². The maximum atomic E-state index is 12.9. The maximum Gasteiger partial charge on any atom is 0.247 e. The van der Waals surface area contributed by atoms with Crippen LogP contribution in [0.15, 0.2) is 18.2 Å². The summed E-state index contributed by atoms with van der Waals surface area (Å²) in [5.41, 5.74) is 0.501. The highest BCUT2D eigenvalue weighted by molar-refractivity contribution is 6.32. The second-order valence-corrected chi connectivity index (χ2v) is 7.05. The van der Waals surface area contributed by atoms with Gasteiger partial charge in [-0.3, -0.25) is 9.59 Å². The fraction of sp³-hybridized carbons (Fsp3) is 0.579. The highest BCUT2D eigenvalue weighted by Gasteiger charge is 2.33. The van der Waals surface area contributed by atoms with E-state index in [4.69, 9.17) is 21.1 Å². The van der Waals surface area contributed by atoms with E-state index in [1.54, 1.807) is 30.2 Å². The Morgan fingerprint density at radius 1 is 1.31 bits per heavy atom. The molecular weight excluding hydrogens is 356 g/mol. The van der Waals surface area contributed by atoms with Crippen molar-refractivity contribution in [1.29, 1.82) is 0 Å². The van der Waals surface area contributed by atoms with Crippen LogP contribution in [0.1, 0.15) is 33.1 Å². The summed E-state index contributed by atoms with van der Waals surface area (Å²) in [7, 11) is 1.59. The third kappa shape index (κ3) is 5.11. The van der Waals surface area contributed by atoms with Crippen LogP contribution in [0.3, 0.4) is 0 Å². The standard InChI is InChI=1S/C19H27ClN2O4/c1-13(2)19(24)22-10-5-4-9-16(22)18(23)21-15-8-6-7-14(20)17(15)26-12-11-25-3/h6-8,13,16H,4-5,9-12H2,1-3H3,(H,21,23). The third-order valence-electron chi connectivity index (χ3n) is 4.34. The van der Waals surface area contributed by atoms with Gasteiger partial charge in [0.15, 0.2) is 5.75 Å². The van der Waals surface area contributed by atoms with Crippen LogP contribution in [0, 0.1) is 5.92 Å². The lowest BCUT2D eigenvalue weighted by Gasteiger charge is -2.36. The molecule has 0 aliphatic carbocycles. The largest absolute Gasteiger partial charge is 0.487 e. The average molecular weight is 383 g/mol. The number of hydrogen-bond donors (Lipinski definition) is 1. The minimum absolute atomic E-state index is 0.00696. The van der Waals surface area contributed by atoms with Crippen LogP contribution in [0.25, 0.3) is 0 Å². The molecule has 1 N–H and O–H groups in total. The molecule has 0 bridgehead atoms. The second-order valence-electron chi connectivity index (χ2n) is 6.64. The van der Waals surface area contributed by atoms with E-state index in [1.807, 2.05) is 13.8 Å². The van der Waals surface area contributed by atoms with Gasteiger partial charge in [-0.15, -0.1) is 0 Å². The van der Waals surface area contributed by atoms with E-state index < -0.39 is 6.04 Å². The second kappa shape index (κ2) is 9.78. The Morgan fingerprint density at radius 3 is 2.77 bits per heavy atom. The first-order valence-corrected chi connectivity index (χ1v) is 9.35. The van der Waals surface area contributed by atoms with Gasteiger partial charge in [0.05, 0.1) is 17.3 Å². The summed E-state index contributed by atoms with van der Waals surface area (Å²) in [5.74, 6) is 0.0738. The van der Waals surface area contributed by atoms with Crippen LogP contribution in [0.5, 0.6) is 5.75 Å². The fourth-order valence-electron chi connectivity index (χ4n) is 3.00. The van der Waals surface area contributed by atoms with Gasteiger partial charge in [-0.05, 0) is 31.4 Å². The molecular formula is C19H27ClN2O4. The molecule has 144 valence electrons. The first kappa shape index (κ1) is 20.5. The number of halogens is 1. The number of methoxy groups -OCH3 is 1. The van der Waals surface area contributed by atoms with Gasteiger partial charge in [-0.1, -0.05) is 31.5 Å². The molecule has 0 radical (unpaired) electrons. The number of amides is 2. The molecule has 7 heteroatoms. The number of carbonyl (C=O) groups is 2. The number of nitrogens with zero attached hydrogens (tertiary/aromatic N) is 1. The number of carbonyl (C=O) groups excluding carboxylic acids is 2. The highest BCUT2D eigenvalue weighted by atomic mass is 35.5. The Kier molecular flexibility index (Phi) is 7.72. The predicted octanol–water partition coefficient (Wildman–Crippen LogP) is 3.34. The molecule has 6 nitrogen and oxygen atoms in total. The minimum atomic E-state index is -0.468. The number of para-hydroxylation sites is 1. The molecule has 0 spiro atoms. The summed E-state index contributed by atoms with van der Waals surface area (Å²) in [6.45, 7) is 5.06. The Hall–Kier alpha value is -1.79. The number of nitrogens with one attached hydrogen (secondary N) is 1. The summed E-state index contributed by atoms with van der Waals surface area (Å²) in [5, 5.41) is 3.30. The van der Waals surface area contributed by atoms with Gasteiger partial charge in [0.1, 0.15) is 12.6 Å². The predicted molar refractivity (Wildman–Crippen MR) is 102 cm³/mol. The van der Waals surface area contributed by atoms with Gasteiger partial charge < -0.3 is 19.7 Å². The molecule has 0 saturated carbocycles. The summed E-state index contributed by atoms with van der Waals surface area (Å²) in [6, 6.07) is 4.72. The molecule has 26 heavy (non-hydrogen) atoms. The number of rotatable bonds is 7. The van der Waals surface area contributed by atoms with E-state index in [0.717, 1.165) is 12.8 Å². The average Bonchev–Trinajstić information content (AvgIpc) is 2.63. The van der Waals surface area contributed by atoms with E-state index in [0.29, 0.717) is 42.6 Å². The van der Waals surface area contributed by atoms with Crippen LogP contribution in [-0.2, 0) is 14.3 Å². The van der Waals surface area contributed by atoms with Gasteiger partial charge >= 0.3 is 0 Å². The van der Waals surface area contributed by atoms with E-state index in [9.17, 15) is 9.59 Å². The summed E-state index contributed by atoms with van der Waals surface area (Å²) in [4.78, 5) is 27.0. The third-order valence-corrected chi connectivity index (χ3v) is 4.64. The minimum Gasteiger partial charge on any atom is -0.487 e. The van der Waals surface area contributed by atoms with Gasteiger partial charge in [0.25, 0.3) is 0 Å². The zero-order chi connectivity index (χ0) is 19.1. The zero-order valence-electron chi connectivity index (χ0n) is 15.6. The lowest BCUT2D eigenvalue weighted by atomic mass is 9.99. The van der Waals surface area contributed by atoms with Crippen molar-refractivity contribution in [2.45, 2.75) is 39.2 Å². The van der Waals surface area contributed by atoms with Crippen molar-refractivity contribution in [2.24, 2.45) is 5.92 Å². The van der Waals surface area contributed by atoms with Crippen molar-refractivity contribution in [2.75, 3.05) is 32.2 Å². The van der Waals surface area contributed by atoms with Crippen LogP contribution in [-0.4, -0.2) is 49.6 Å². The quantitative estimate of drug-likeness (QED) is 0.734. The number of piperidine rings is 1. The Balaban J connectivity index is 2.15. The van der Waals surface area contributed by atoms with Crippen LogP contribution < -0.4 is 10.1 Å². The molecule has 1 atom stereocenters. The van der Waals surface area contributed by atoms with Crippen molar-refractivity contribution in [3.63, 3.8) is 0 Å². The SMILES string of the molecule is COCCOc1c(Cl)cccc1NC(=O)C1CCCCN1C(=O)C(C)C. The first-order valence-electron chi connectivity index (χ1n) is 8.97. The Morgan fingerprint density at radius 2 is 2.08 bits per heavy atom. The number of anilines is 1. The molecule has 1 saturated heterocycles. The van der Waals surface area contributed by atoms with Crippen molar-refractivity contribution < 1.29 is 19.1 Å². The number of hydrogen-bond acceptors (Lipinski definition) is 4. The molecule has 1 heterocycles. The molecule has 1 aliphatic rings. The molecule has 2 amide bonds. The number of ether oxygens (including phenoxy) is 2. The molecule has 1 aliphatic heterocycles. The van der Waals surface area contributed by atoms with Gasteiger partial charge in [-0.2, -0.15) is 0 Å². The summed E-state index contributed by atoms with van der Waals surface area (Å²) >= 11 is 6.22. The lowest BCUT2D eigenvalue weighted by molar-refractivity contribution is -0.142. The molecule has 1 fully saturated rings. The molecule has 1 aromatic carbocycles. The smallest absolute Gasteiger partial charge is 0.247 e. The highest BCUT2D eigenvalue weighted by Crippen LogP contribution is 2.33. The molecule has 0 aromatic heterocycles. The molecule has 2 rings (SSSR count). The van der Waals surface area contributed by atoms with Crippen molar-refractivity contribution in [3.05, 3.63) is 23.2 Å². The summed E-state index contributed by atoms with van der Waals surface area (Å²) in [6.07, 6.45) is 2.50. The number of likely N-dealkylation sites (tertiary alicyclic amines) is 1. The van der Waals surface area contributed by atoms with E-state index in [-0.39, 0.29) is 17.7 Å². The monoisotopic (exact) mass is 382 g/mol. The topological polar surface area (TPSA) is 67.9 Å². The van der Waals surface area contributed by atoms with Gasteiger partial charge in [0.2, 0.25) is 11.8 Å². The zero-order valence-corrected chi connectivity index (χ0v) is 16.3. The lowest BCUT2D eigenvalue weighted by Crippen LogP contribution is -2.51. The van der Waals surface area contributed by atoms with Gasteiger partial charge in [-0.25, -0.2) is 0 Å². The van der Waals surface area contributed by atoms with Crippen LogP contribution in [0.4, 0.5) is 5.69 Å². The maximum absolute atomic E-state index is 12.9. The van der Waals surface area contributed by atoms with Gasteiger partial charge in [0, 0.05) is 19.6 Å². The molecule has 1 unspecified atom stereocenters. The van der Waals surface area contributed by atoms with E-state index in [1.165, 1.54) is 0 Å². The summed E-state index contributed by atoms with van der Waals surface area (Å²) < 4.78 is 10.6. The fourth-order valence-corrected chi connectivity index (χ4v) is 3.23. The normalized spacial score (nSPS) is 17.3. The van der Waals surface area contributed by atoms with Crippen molar-refractivity contribution in [3.8, 4) is 5.75 Å². The number of benzene rings is 1. The van der Waals surface area contributed by atoms with Crippen molar-refractivity contribution >= 4 is 29.1 Å². The Bertz CT molecular complexity index is 636. The van der Waals surface area contributed by atoms with Crippen molar-refractivity contribution in [1.82, 2.24) is 4.90 Å². The van der Waals surface area contributed by atoms with Crippen LogP contribution >= 0.6 is 11.6 Å². The first-order chi connectivity index (χ1) is 12.5. The van der Waals surface area contributed by atoms with E-state index >= 15 is 0 Å².